The van der Waals surface area contributed by atoms with Crippen LogP contribution in [0.2, 0.25) is 0 Å². The third-order valence-corrected chi connectivity index (χ3v) is 4.20. The van der Waals surface area contributed by atoms with Crippen LogP contribution in [0, 0.1) is 0 Å². The Hall–Kier alpha value is -2.58. The monoisotopic (exact) mass is 321 g/mol. The van der Waals surface area contributed by atoms with Crippen molar-refractivity contribution < 1.29 is 22.1 Å². The van der Waals surface area contributed by atoms with Crippen molar-refractivity contribution in [2.45, 2.75) is 0 Å². The summed E-state index contributed by atoms with van der Waals surface area (Å²) in [5.41, 5.74) is 3.44. The zero-order valence-corrected chi connectivity index (χ0v) is 13.5. The number of nitrogens with zero attached hydrogens (tertiary/aromatic N) is 1. The van der Waals surface area contributed by atoms with E-state index in [0.29, 0.717) is 5.75 Å². The maximum atomic E-state index is 9.96. The second-order valence-corrected chi connectivity index (χ2v) is 5.52. The maximum absolute atomic E-state index is 9.96. The summed E-state index contributed by atoms with van der Waals surface area (Å²) in [5.74, 6) is 0.292. The van der Waals surface area contributed by atoms with E-state index in [9.17, 15) is 5.11 Å². The molecule has 0 aliphatic carbocycles. The highest BCUT2D eigenvalue weighted by molar-refractivity contribution is 6.09. The zero-order chi connectivity index (χ0) is 15.1. The predicted molar refractivity (Wildman–Crippen MR) is 89.7 cm³/mol. The van der Waals surface area contributed by atoms with Crippen LogP contribution in [-0.4, -0.2) is 5.11 Å². The summed E-state index contributed by atoms with van der Waals surface area (Å²) in [4.78, 5) is 0. The first-order chi connectivity index (χ1) is 10.8. The first-order valence-electron chi connectivity index (χ1n) is 7.34. The molecule has 0 atom stereocenters. The molecular formula is C20H16ClNO. The summed E-state index contributed by atoms with van der Waals surface area (Å²) in [6, 6.07) is 24.3. The number of pyridine rings is 1. The summed E-state index contributed by atoms with van der Waals surface area (Å²) in [5, 5.41) is 13.4. The highest BCUT2D eigenvalue weighted by atomic mass is 35.5. The molecule has 3 heteroatoms. The summed E-state index contributed by atoms with van der Waals surface area (Å²) in [6.45, 7) is 0. The van der Waals surface area contributed by atoms with Crippen LogP contribution in [0.15, 0.2) is 72.8 Å². The number of fused-ring (bicyclic) bond motifs is 3. The van der Waals surface area contributed by atoms with Gasteiger partial charge in [0.25, 0.3) is 0 Å². The second kappa shape index (κ2) is 5.90. The largest absolute Gasteiger partial charge is 1.00 e. The number of aromatic nitrogens is 1. The van der Waals surface area contributed by atoms with Crippen LogP contribution < -0.4 is 17.0 Å². The third-order valence-electron chi connectivity index (χ3n) is 4.20. The van der Waals surface area contributed by atoms with Crippen molar-refractivity contribution in [1.82, 2.24) is 0 Å². The molecule has 0 fully saturated rings. The van der Waals surface area contributed by atoms with Crippen LogP contribution in [0.5, 0.6) is 5.75 Å². The van der Waals surface area contributed by atoms with Crippen molar-refractivity contribution in [3.63, 3.8) is 0 Å². The van der Waals surface area contributed by atoms with Crippen LogP contribution in [-0.2, 0) is 7.05 Å². The molecule has 0 spiro atoms. The van der Waals surface area contributed by atoms with E-state index in [1.807, 2.05) is 30.3 Å². The molecule has 0 bridgehead atoms. The standard InChI is InChI=1S/C20H15NO.ClH/c1-21-19-10-6-5-9-17(19)16-12-11-15(22)13-18(16)20(21)14-7-3-2-4-8-14;/h2-13H,1H3;1H. The van der Waals surface area contributed by atoms with Crippen LogP contribution in [0.3, 0.4) is 0 Å². The van der Waals surface area contributed by atoms with Crippen molar-refractivity contribution in [3.05, 3.63) is 72.8 Å². The van der Waals surface area contributed by atoms with Gasteiger partial charge in [0.05, 0.1) is 10.8 Å². The molecule has 1 aromatic heterocycles. The number of phenols is 1. The third kappa shape index (κ3) is 2.41. The number of halogens is 1. The number of aromatic hydroxyl groups is 1. The van der Waals surface area contributed by atoms with Gasteiger partial charge in [-0.05, 0) is 36.4 Å². The van der Waals surface area contributed by atoms with Gasteiger partial charge in [0.15, 0.2) is 0 Å². The first-order valence-corrected chi connectivity index (χ1v) is 7.34. The summed E-state index contributed by atoms with van der Waals surface area (Å²) in [6.07, 6.45) is 0. The van der Waals surface area contributed by atoms with Gasteiger partial charge in [-0.1, -0.05) is 30.3 Å². The minimum Gasteiger partial charge on any atom is -1.00 e. The lowest BCUT2D eigenvalue weighted by molar-refractivity contribution is -0.632. The molecule has 1 heterocycles. The average molecular weight is 322 g/mol. The Morgan fingerprint density at radius 3 is 2.22 bits per heavy atom. The summed E-state index contributed by atoms with van der Waals surface area (Å²) in [7, 11) is 2.08. The number of para-hydroxylation sites is 1. The summed E-state index contributed by atoms with van der Waals surface area (Å²) < 4.78 is 2.20. The fourth-order valence-electron chi connectivity index (χ4n) is 3.20. The molecule has 0 saturated heterocycles. The van der Waals surface area contributed by atoms with E-state index in [1.54, 1.807) is 6.07 Å². The normalized spacial score (nSPS) is 10.7. The van der Waals surface area contributed by atoms with E-state index >= 15 is 0 Å². The molecule has 4 rings (SSSR count). The first kappa shape index (κ1) is 15.3. The predicted octanol–water partition coefficient (Wildman–Crippen LogP) is 1.19. The highest BCUT2D eigenvalue weighted by Gasteiger charge is 2.20. The second-order valence-electron chi connectivity index (χ2n) is 5.52. The van der Waals surface area contributed by atoms with E-state index in [0.717, 1.165) is 22.0 Å². The van der Waals surface area contributed by atoms with Gasteiger partial charge < -0.3 is 17.5 Å². The van der Waals surface area contributed by atoms with Gasteiger partial charge >= 0.3 is 0 Å². The molecule has 0 amide bonds. The SMILES string of the molecule is C[n+]1c(-c2ccccc2)c2cc(O)ccc2c2ccccc21.[Cl-]. The summed E-state index contributed by atoms with van der Waals surface area (Å²) >= 11 is 0. The lowest BCUT2D eigenvalue weighted by atomic mass is 9.99. The van der Waals surface area contributed by atoms with Gasteiger partial charge in [-0.15, -0.1) is 0 Å². The van der Waals surface area contributed by atoms with Gasteiger partial charge in [-0.2, -0.15) is 4.57 Å². The van der Waals surface area contributed by atoms with Gasteiger partial charge in [-0.3, -0.25) is 0 Å². The molecule has 4 aromatic rings. The molecule has 0 aliphatic heterocycles. The lowest BCUT2D eigenvalue weighted by Crippen LogP contribution is -3.00. The van der Waals surface area contributed by atoms with E-state index < -0.39 is 0 Å². The molecule has 2 nitrogen and oxygen atoms in total. The van der Waals surface area contributed by atoms with E-state index in [-0.39, 0.29) is 12.4 Å². The van der Waals surface area contributed by atoms with Gasteiger partial charge in [0.1, 0.15) is 12.8 Å². The van der Waals surface area contributed by atoms with Crippen LogP contribution in [0.25, 0.3) is 32.9 Å². The number of aryl methyl sites for hydroxylation is 1. The Kier molecular flexibility index (Phi) is 3.93. The molecule has 3 aromatic carbocycles. The number of rotatable bonds is 1. The minimum atomic E-state index is 0. The Morgan fingerprint density at radius 1 is 0.739 bits per heavy atom. The molecule has 0 unspecified atom stereocenters. The van der Waals surface area contributed by atoms with Crippen molar-refractivity contribution in [2.75, 3.05) is 0 Å². The molecule has 23 heavy (non-hydrogen) atoms. The molecule has 0 saturated carbocycles. The van der Waals surface area contributed by atoms with E-state index in [2.05, 4.69) is 48.0 Å². The molecule has 0 aliphatic rings. The number of hydrogen-bond acceptors (Lipinski definition) is 1. The van der Waals surface area contributed by atoms with Gasteiger partial charge in [0, 0.05) is 17.0 Å². The fraction of sp³-hybridized carbons (Fsp3) is 0.0500. The van der Waals surface area contributed by atoms with Crippen molar-refractivity contribution in [2.24, 2.45) is 7.05 Å². The molecular weight excluding hydrogens is 306 g/mol. The Morgan fingerprint density at radius 2 is 1.43 bits per heavy atom. The Bertz CT molecular complexity index is 996. The number of benzene rings is 3. The van der Waals surface area contributed by atoms with E-state index in [4.69, 9.17) is 0 Å². The van der Waals surface area contributed by atoms with Crippen LogP contribution in [0.4, 0.5) is 0 Å². The molecule has 1 N–H and O–H groups in total. The molecule has 114 valence electrons. The quantitative estimate of drug-likeness (QED) is 0.413. The Labute approximate surface area is 141 Å². The van der Waals surface area contributed by atoms with Crippen LogP contribution in [0.1, 0.15) is 0 Å². The average Bonchev–Trinajstić information content (AvgIpc) is 2.56. The maximum Gasteiger partial charge on any atom is 0.220 e. The van der Waals surface area contributed by atoms with Crippen molar-refractivity contribution in [3.8, 4) is 17.0 Å². The minimum absolute atomic E-state index is 0. The van der Waals surface area contributed by atoms with Crippen LogP contribution >= 0.6 is 0 Å². The molecule has 0 radical (unpaired) electrons. The smallest absolute Gasteiger partial charge is 0.220 e. The number of hydrogen-bond donors (Lipinski definition) is 1. The highest BCUT2D eigenvalue weighted by Crippen LogP contribution is 2.32. The zero-order valence-electron chi connectivity index (χ0n) is 12.7. The number of phenolic OH excluding ortho intramolecular Hbond substituents is 1. The van der Waals surface area contributed by atoms with Crippen molar-refractivity contribution in [1.29, 1.82) is 0 Å². The lowest BCUT2D eigenvalue weighted by Gasteiger charge is -2.09. The van der Waals surface area contributed by atoms with Crippen molar-refractivity contribution >= 4 is 21.7 Å². The van der Waals surface area contributed by atoms with E-state index in [1.165, 1.54) is 10.9 Å². The topological polar surface area (TPSA) is 24.1 Å². The Balaban J connectivity index is 0.00000156. The van der Waals surface area contributed by atoms with Gasteiger partial charge in [-0.25, -0.2) is 0 Å². The van der Waals surface area contributed by atoms with Gasteiger partial charge in [0.2, 0.25) is 11.2 Å². The fourth-order valence-corrected chi connectivity index (χ4v) is 3.20.